The van der Waals surface area contributed by atoms with Crippen LogP contribution in [0.1, 0.15) is 64.7 Å². The van der Waals surface area contributed by atoms with E-state index in [1.807, 2.05) is 6.92 Å². The van der Waals surface area contributed by atoms with Gasteiger partial charge in [-0.2, -0.15) is 0 Å². The molecule has 0 bridgehead atoms. The van der Waals surface area contributed by atoms with Gasteiger partial charge in [-0.05, 0) is 45.2 Å². The molecule has 1 aliphatic carbocycles. The van der Waals surface area contributed by atoms with Gasteiger partial charge in [-0.25, -0.2) is 0 Å². The number of likely N-dealkylation sites (tertiary alicyclic amines) is 1. The maximum absolute atomic E-state index is 12.3. The summed E-state index contributed by atoms with van der Waals surface area (Å²) in [4.78, 5) is 14.9. The maximum atomic E-state index is 12.3. The van der Waals surface area contributed by atoms with E-state index in [2.05, 4.69) is 10.2 Å². The molecule has 2 aliphatic rings. The van der Waals surface area contributed by atoms with E-state index in [0.29, 0.717) is 6.54 Å². The summed E-state index contributed by atoms with van der Waals surface area (Å²) in [5.74, 6) is 0.133. The van der Waals surface area contributed by atoms with E-state index >= 15 is 0 Å². The Bertz CT molecular complexity index is 316. The zero-order valence-electron chi connectivity index (χ0n) is 13.7. The highest BCUT2D eigenvalue weighted by Crippen LogP contribution is 2.35. The predicted octanol–water partition coefficient (Wildman–Crippen LogP) is 2.28. The number of rotatable bonds is 6. The van der Waals surface area contributed by atoms with Gasteiger partial charge in [0.1, 0.15) is 0 Å². The monoisotopic (exact) mass is 295 g/mol. The molecular weight excluding hydrogens is 262 g/mol. The quantitative estimate of drug-likeness (QED) is 0.790. The van der Waals surface area contributed by atoms with E-state index in [-0.39, 0.29) is 17.4 Å². The molecule has 0 aromatic heterocycles. The molecule has 0 spiro atoms. The van der Waals surface area contributed by atoms with Gasteiger partial charge >= 0.3 is 0 Å². The van der Waals surface area contributed by atoms with Gasteiger partial charge in [-0.3, -0.25) is 9.69 Å². The van der Waals surface area contributed by atoms with E-state index in [0.717, 1.165) is 13.0 Å². The summed E-state index contributed by atoms with van der Waals surface area (Å²) in [5, 5.41) is 3.23. The van der Waals surface area contributed by atoms with Crippen LogP contribution in [-0.4, -0.2) is 42.5 Å². The van der Waals surface area contributed by atoms with Crippen molar-refractivity contribution in [2.75, 3.05) is 26.2 Å². The molecule has 0 radical (unpaired) electrons. The summed E-state index contributed by atoms with van der Waals surface area (Å²) in [7, 11) is 0. The molecule has 21 heavy (non-hydrogen) atoms. The first-order valence-electron chi connectivity index (χ1n) is 8.94. The number of carbonyl (C=O) groups excluding carboxylic acids is 1. The summed E-state index contributed by atoms with van der Waals surface area (Å²) in [6.07, 6.45) is 11.3. The average Bonchev–Trinajstić information content (AvgIpc) is 2.56. The fourth-order valence-electron chi connectivity index (χ4n) is 4.04. The number of piperidine rings is 1. The second-order valence-corrected chi connectivity index (χ2v) is 6.89. The fourth-order valence-corrected chi connectivity index (χ4v) is 4.04. The van der Waals surface area contributed by atoms with Gasteiger partial charge in [0.05, 0.1) is 0 Å². The minimum absolute atomic E-state index is 0.0213. The van der Waals surface area contributed by atoms with Gasteiger partial charge < -0.3 is 11.1 Å². The molecule has 4 nitrogen and oxygen atoms in total. The molecule has 1 heterocycles. The molecule has 2 fully saturated rings. The number of nitrogens with zero attached hydrogens (tertiary/aromatic N) is 1. The lowest BCUT2D eigenvalue weighted by Crippen LogP contribution is -2.58. The predicted molar refractivity (Wildman–Crippen MR) is 87.1 cm³/mol. The number of hydrogen-bond donors (Lipinski definition) is 2. The largest absolute Gasteiger partial charge is 0.354 e. The summed E-state index contributed by atoms with van der Waals surface area (Å²) < 4.78 is 0. The fraction of sp³-hybridized carbons (Fsp3) is 0.941. The van der Waals surface area contributed by atoms with Gasteiger partial charge in [0, 0.05) is 24.5 Å². The van der Waals surface area contributed by atoms with Crippen LogP contribution in [0.2, 0.25) is 0 Å². The average molecular weight is 295 g/mol. The minimum Gasteiger partial charge on any atom is -0.354 e. The lowest BCUT2D eigenvalue weighted by molar-refractivity contribution is -0.125. The Morgan fingerprint density at radius 2 is 1.76 bits per heavy atom. The zero-order valence-corrected chi connectivity index (χ0v) is 13.7. The van der Waals surface area contributed by atoms with Crippen LogP contribution in [-0.2, 0) is 4.79 Å². The van der Waals surface area contributed by atoms with Crippen molar-refractivity contribution in [1.82, 2.24) is 10.2 Å². The zero-order chi connectivity index (χ0) is 15.1. The first-order valence-corrected chi connectivity index (χ1v) is 8.94. The third kappa shape index (κ3) is 4.19. The summed E-state index contributed by atoms with van der Waals surface area (Å²) in [6.45, 7) is 5.74. The van der Waals surface area contributed by atoms with Gasteiger partial charge in [-0.1, -0.05) is 32.6 Å². The third-order valence-corrected chi connectivity index (χ3v) is 5.55. The van der Waals surface area contributed by atoms with Crippen LogP contribution in [0, 0.1) is 5.92 Å². The van der Waals surface area contributed by atoms with Crippen molar-refractivity contribution in [3.05, 3.63) is 0 Å². The topological polar surface area (TPSA) is 58.4 Å². The highest BCUT2D eigenvalue weighted by atomic mass is 16.1. The van der Waals surface area contributed by atoms with Crippen LogP contribution >= 0.6 is 0 Å². The van der Waals surface area contributed by atoms with Gasteiger partial charge in [0.15, 0.2) is 0 Å². The Morgan fingerprint density at radius 1 is 1.14 bits per heavy atom. The molecule has 1 saturated carbocycles. The van der Waals surface area contributed by atoms with E-state index in [1.165, 1.54) is 64.5 Å². The van der Waals surface area contributed by atoms with Crippen LogP contribution < -0.4 is 11.1 Å². The molecule has 4 heteroatoms. The second kappa shape index (κ2) is 8.14. The lowest BCUT2D eigenvalue weighted by Gasteiger charge is -2.48. The molecule has 3 N–H and O–H groups in total. The number of nitrogens with two attached hydrogens (primary N) is 1. The maximum Gasteiger partial charge on any atom is 0.224 e. The Hall–Kier alpha value is -0.610. The molecule has 0 aromatic rings. The van der Waals surface area contributed by atoms with E-state index in [4.69, 9.17) is 5.73 Å². The van der Waals surface area contributed by atoms with Crippen LogP contribution in [0.5, 0.6) is 0 Å². The van der Waals surface area contributed by atoms with Crippen LogP contribution in [0.3, 0.4) is 0 Å². The molecule has 1 atom stereocenters. The minimum atomic E-state index is -0.0213. The van der Waals surface area contributed by atoms with Crippen molar-refractivity contribution in [3.63, 3.8) is 0 Å². The molecule has 1 amide bonds. The molecule has 2 rings (SSSR count). The smallest absolute Gasteiger partial charge is 0.224 e. The molecule has 1 aliphatic heterocycles. The normalized spacial score (nSPS) is 24.5. The molecule has 0 aromatic carbocycles. The van der Waals surface area contributed by atoms with Crippen molar-refractivity contribution in [2.24, 2.45) is 11.7 Å². The van der Waals surface area contributed by atoms with Crippen LogP contribution in [0.25, 0.3) is 0 Å². The standard InChI is InChI=1S/C17H33N3O/c1-2-15(13-18)16(21)19-14-17(9-5-3-6-10-17)20-11-7-4-8-12-20/h15H,2-14,18H2,1H3,(H,19,21). The van der Waals surface area contributed by atoms with Crippen LogP contribution in [0.15, 0.2) is 0 Å². The van der Waals surface area contributed by atoms with Crippen molar-refractivity contribution >= 4 is 5.91 Å². The van der Waals surface area contributed by atoms with E-state index in [9.17, 15) is 4.79 Å². The lowest BCUT2D eigenvalue weighted by atomic mass is 9.79. The third-order valence-electron chi connectivity index (χ3n) is 5.55. The molecule has 1 saturated heterocycles. The summed E-state index contributed by atoms with van der Waals surface area (Å²) in [5.41, 5.74) is 5.92. The first-order chi connectivity index (χ1) is 10.2. The SMILES string of the molecule is CCC(CN)C(=O)NCC1(N2CCCCC2)CCCCC1. The Morgan fingerprint density at radius 3 is 2.33 bits per heavy atom. The van der Waals surface area contributed by atoms with Gasteiger partial charge in [0.25, 0.3) is 0 Å². The van der Waals surface area contributed by atoms with Gasteiger partial charge in [0.2, 0.25) is 5.91 Å². The molecular formula is C17H33N3O. The van der Waals surface area contributed by atoms with Gasteiger partial charge in [-0.15, -0.1) is 0 Å². The first kappa shape index (κ1) is 16.8. The number of nitrogens with one attached hydrogen (secondary N) is 1. The van der Waals surface area contributed by atoms with Crippen molar-refractivity contribution in [3.8, 4) is 0 Å². The van der Waals surface area contributed by atoms with Crippen molar-refractivity contribution in [2.45, 2.75) is 70.3 Å². The number of carbonyl (C=O) groups is 1. The number of amides is 1. The number of hydrogen-bond acceptors (Lipinski definition) is 3. The Kier molecular flexibility index (Phi) is 6.49. The summed E-state index contributed by atoms with van der Waals surface area (Å²) in [6, 6.07) is 0. The summed E-state index contributed by atoms with van der Waals surface area (Å²) >= 11 is 0. The second-order valence-electron chi connectivity index (χ2n) is 6.89. The Balaban J connectivity index is 1.97. The molecule has 1 unspecified atom stereocenters. The van der Waals surface area contributed by atoms with Crippen molar-refractivity contribution < 1.29 is 4.79 Å². The Labute approximate surface area is 129 Å². The van der Waals surface area contributed by atoms with E-state index < -0.39 is 0 Å². The highest BCUT2D eigenvalue weighted by molar-refractivity contribution is 5.78. The molecule has 122 valence electrons. The van der Waals surface area contributed by atoms with E-state index in [1.54, 1.807) is 0 Å². The highest BCUT2D eigenvalue weighted by Gasteiger charge is 2.38. The van der Waals surface area contributed by atoms with Crippen LogP contribution in [0.4, 0.5) is 0 Å². The van der Waals surface area contributed by atoms with Crippen molar-refractivity contribution in [1.29, 1.82) is 0 Å².